The standard InChI is InChI=1S/C10H14N4O/c1-10(2,7-15-3)13-9-8(6-11)4-5-12-14-9/h4-5H,7H2,1-3H3,(H,13,14). The lowest BCUT2D eigenvalue weighted by Gasteiger charge is -2.25. The normalized spacial score (nSPS) is 10.8. The Kier molecular flexibility index (Phi) is 3.58. The number of ether oxygens (including phenoxy) is 1. The third kappa shape index (κ3) is 3.18. The molecule has 0 amide bonds. The van der Waals surface area contributed by atoms with Gasteiger partial charge in [-0.15, -0.1) is 5.10 Å². The molecule has 0 aliphatic rings. The first-order valence-electron chi connectivity index (χ1n) is 4.58. The van der Waals surface area contributed by atoms with Crippen LogP contribution in [0.1, 0.15) is 19.4 Å². The highest BCUT2D eigenvalue weighted by Gasteiger charge is 2.19. The molecular formula is C10H14N4O. The summed E-state index contributed by atoms with van der Waals surface area (Å²) in [6, 6.07) is 3.68. The number of nitriles is 1. The third-order valence-electron chi connectivity index (χ3n) is 1.80. The second kappa shape index (κ2) is 4.71. The van der Waals surface area contributed by atoms with E-state index in [1.807, 2.05) is 13.8 Å². The minimum absolute atomic E-state index is 0.281. The highest BCUT2D eigenvalue weighted by atomic mass is 16.5. The van der Waals surface area contributed by atoms with Gasteiger partial charge in [0.05, 0.1) is 23.9 Å². The van der Waals surface area contributed by atoms with E-state index in [4.69, 9.17) is 10.00 Å². The van der Waals surface area contributed by atoms with E-state index >= 15 is 0 Å². The number of anilines is 1. The second-order valence-corrected chi connectivity index (χ2v) is 3.85. The van der Waals surface area contributed by atoms with Crippen molar-refractivity contribution in [1.29, 1.82) is 5.26 Å². The molecule has 0 bridgehead atoms. The van der Waals surface area contributed by atoms with E-state index in [-0.39, 0.29) is 5.54 Å². The summed E-state index contributed by atoms with van der Waals surface area (Å²) in [4.78, 5) is 0. The van der Waals surface area contributed by atoms with Gasteiger partial charge >= 0.3 is 0 Å². The summed E-state index contributed by atoms with van der Waals surface area (Å²) in [5.74, 6) is 0.488. The monoisotopic (exact) mass is 206 g/mol. The maximum absolute atomic E-state index is 8.86. The van der Waals surface area contributed by atoms with Crippen LogP contribution in [0.4, 0.5) is 5.82 Å². The van der Waals surface area contributed by atoms with E-state index in [0.717, 1.165) is 0 Å². The van der Waals surface area contributed by atoms with Crippen LogP contribution in [0.15, 0.2) is 12.3 Å². The zero-order valence-electron chi connectivity index (χ0n) is 9.11. The average Bonchev–Trinajstić information content (AvgIpc) is 2.17. The smallest absolute Gasteiger partial charge is 0.167 e. The topological polar surface area (TPSA) is 70.8 Å². The summed E-state index contributed by atoms with van der Waals surface area (Å²) < 4.78 is 5.06. The molecule has 0 aliphatic carbocycles. The average molecular weight is 206 g/mol. The molecule has 1 N–H and O–H groups in total. The SMILES string of the molecule is COCC(C)(C)Nc1nnccc1C#N. The Morgan fingerprint density at radius 3 is 2.93 bits per heavy atom. The Labute approximate surface area is 89.1 Å². The summed E-state index contributed by atoms with van der Waals surface area (Å²) in [5, 5.41) is 19.6. The van der Waals surface area contributed by atoms with Gasteiger partial charge in [0.2, 0.25) is 0 Å². The molecule has 1 heterocycles. The van der Waals surface area contributed by atoms with Crippen molar-refractivity contribution >= 4 is 5.82 Å². The van der Waals surface area contributed by atoms with Crippen molar-refractivity contribution in [3.05, 3.63) is 17.8 Å². The third-order valence-corrected chi connectivity index (χ3v) is 1.80. The minimum atomic E-state index is -0.281. The fraction of sp³-hybridized carbons (Fsp3) is 0.500. The van der Waals surface area contributed by atoms with Crippen molar-refractivity contribution in [2.75, 3.05) is 19.0 Å². The van der Waals surface area contributed by atoms with E-state index in [2.05, 4.69) is 21.6 Å². The van der Waals surface area contributed by atoms with Gasteiger partial charge in [0.1, 0.15) is 6.07 Å². The molecule has 0 spiro atoms. The molecule has 5 heteroatoms. The molecule has 0 unspecified atom stereocenters. The summed E-state index contributed by atoms with van der Waals surface area (Å²) in [5.41, 5.74) is 0.199. The van der Waals surface area contributed by atoms with Gasteiger partial charge in [0.25, 0.3) is 0 Å². The maximum atomic E-state index is 8.86. The van der Waals surface area contributed by atoms with Crippen molar-refractivity contribution in [1.82, 2.24) is 10.2 Å². The van der Waals surface area contributed by atoms with Crippen LogP contribution >= 0.6 is 0 Å². The van der Waals surface area contributed by atoms with E-state index in [0.29, 0.717) is 18.0 Å². The van der Waals surface area contributed by atoms with Crippen LogP contribution in [-0.2, 0) is 4.74 Å². The van der Waals surface area contributed by atoms with Gasteiger partial charge in [-0.1, -0.05) is 0 Å². The van der Waals surface area contributed by atoms with Gasteiger partial charge in [0, 0.05) is 7.11 Å². The molecule has 80 valence electrons. The van der Waals surface area contributed by atoms with Crippen LogP contribution in [0.2, 0.25) is 0 Å². The summed E-state index contributed by atoms with van der Waals surface area (Å²) in [7, 11) is 1.63. The molecule has 0 radical (unpaired) electrons. The van der Waals surface area contributed by atoms with Crippen LogP contribution < -0.4 is 5.32 Å². The Morgan fingerprint density at radius 2 is 2.33 bits per heavy atom. The van der Waals surface area contributed by atoms with Crippen LogP contribution in [-0.4, -0.2) is 29.5 Å². The maximum Gasteiger partial charge on any atom is 0.167 e. The van der Waals surface area contributed by atoms with Gasteiger partial charge in [0.15, 0.2) is 5.82 Å². The molecule has 5 nitrogen and oxygen atoms in total. The molecule has 0 saturated heterocycles. The zero-order chi connectivity index (χ0) is 11.3. The molecule has 0 aliphatic heterocycles. The number of methoxy groups -OCH3 is 1. The number of nitrogens with zero attached hydrogens (tertiary/aromatic N) is 3. The van der Waals surface area contributed by atoms with Crippen molar-refractivity contribution in [3.63, 3.8) is 0 Å². The lowest BCUT2D eigenvalue weighted by Crippen LogP contribution is -2.36. The molecule has 1 rings (SSSR count). The molecular weight excluding hydrogens is 192 g/mol. The van der Waals surface area contributed by atoms with Crippen molar-refractivity contribution in [2.24, 2.45) is 0 Å². The minimum Gasteiger partial charge on any atom is -0.382 e. The second-order valence-electron chi connectivity index (χ2n) is 3.85. The predicted octanol–water partition coefficient (Wildman–Crippen LogP) is 1.19. The largest absolute Gasteiger partial charge is 0.382 e. The lowest BCUT2D eigenvalue weighted by molar-refractivity contribution is 0.158. The van der Waals surface area contributed by atoms with Gasteiger partial charge in [-0.05, 0) is 19.9 Å². The Balaban J connectivity index is 2.85. The highest BCUT2D eigenvalue weighted by Crippen LogP contribution is 2.15. The van der Waals surface area contributed by atoms with Crippen molar-refractivity contribution < 1.29 is 4.74 Å². The van der Waals surface area contributed by atoms with Gasteiger partial charge in [-0.3, -0.25) is 0 Å². The van der Waals surface area contributed by atoms with E-state index in [1.54, 1.807) is 13.2 Å². The quantitative estimate of drug-likeness (QED) is 0.801. The predicted molar refractivity (Wildman–Crippen MR) is 56.3 cm³/mol. The fourth-order valence-corrected chi connectivity index (χ4v) is 1.23. The summed E-state index contributed by atoms with van der Waals surface area (Å²) in [6.07, 6.45) is 1.49. The first-order valence-corrected chi connectivity index (χ1v) is 4.58. The van der Waals surface area contributed by atoms with Crippen LogP contribution in [0.3, 0.4) is 0 Å². The van der Waals surface area contributed by atoms with Crippen molar-refractivity contribution in [3.8, 4) is 6.07 Å². The number of nitrogens with one attached hydrogen (secondary N) is 1. The van der Waals surface area contributed by atoms with E-state index < -0.39 is 0 Å². The summed E-state index contributed by atoms with van der Waals surface area (Å²) >= 11 is 0. The molecule has 15 heavy (non-hydrogen) atoms. The highest BCUT2D eigenvalue weighted by molar-refractivity contribution is 5.51. The Morgan fingerprint density at radius 1 is 1.60 bits per heavy atom. The molecule has 0 atom stereocenters. The van der Waals surface area contributed by atoms with Crippen LogP contribution in [0, 0.1) is 11.3 Å². The van der Waals surface area contributed by atoms with Crippen LogP contribution in [0.5, 0.6) is 0 Å². The van der Waals surface area contributed by atoms with Gasteiger partial charge in [-0.2, -0.15) is 10.4 Å². The zero-order valence-corrected chi connectivity index (χ0v) is 9.11. The van der Waals surface area contributed by atoms with Gasteiger partial charge < -0.3 is 10.1 Å². The summed E-state index contributed by atoms with van der Waals surface area (Å²) in [6.45, 7) is 4.45. The van der Waals surface area contributed by atoms with E-state index in [1.165, 1.54) is 6.20 Å². The van der Waals surface area contributed by atoms with Crippen LogP contribution in [0.25, 0.3) is 0 Å². The molecule has 0 aromatic carbocycles. The fourth-order valence-electron chi connectivity index (χ4n) is 1.23. The van der Waals surface area contributed by atoms with E-state index in [9.17, 15) is 0 Å². The molecule has 0 saturated carbocycles. The Hall–Kier alpha value is -1.67. The van der Waals surface area contributed by atoms with Crippen molar-refractivity contribution in [2.45, 2.75) is 19.4 Å². The number of hydrogen-bond acceptors (Lipinski definition) is 5. The molecule has 1 aromatic heterocycles. The van der Waals surface area contributed by atoms with Gasteiger partial charge in [-0.25, -0.2) is 0 Å². The number of rotatable bonds is 4. The first kappa shape index (κ1) is 11.4. The lowest BCUT2D eigenvalue weighted by atomic mass is 10.1. The molecule has 1 aromatic rings. The number of aromatic nitrogens is 2. The molecule has 0 fully saturated rings. The Bertz CT molecular complexity index is 370. The first-order chi connectivity index (χ1) is 7.09. The number of hydrogen-bond donors (Lipinski definition) is 1.